The van der Waals surface area contributed by atoms with E-state index in [1.54, 1.807) is 18.2 Å². The van der Waals surface area contributed by atoms with Crippen molar-refractivity contribution in [3.05, 3.63) is 64.1 Å². The highest BCUT2D eigenvalue weighted by Crippen LogP contribution is 2.39. The molecule has 2 fully saturated rings. The van der Waals surface area contributed by atoms with E-state index in [4.69, 9.17) is 16.3 Å². The second-order valence-corrected chi connectivity index (χ2v) is 8.50. The summed E-state index contributed by atoms with van der Waals surface area (Å²) in [5.41, 5.74) is 1.94. The maximum absolute atomic E-state index is 13.4. The quantitative estimate of drug-likeness (QED) is 0.611. The van der Waals surface area contributed by atoms with Gasteiger partial charge in [0.2, 0.25) is 0 Å². The monoisotopic (exact) mass is 462 g/mol. The molecule has 5 nitrogen and oxygen atoms in total. The fourth-order valence-electron chi connectivity index (χ4n) is 4.01. The standard InChI is InChI=1S/C21H20BrClN2O3/c22-17-4-6-18(7-5-17)24-14-21(8-10-28-11-9-21)25(20(24)27)13-15-2-1-3-16(12-15)19(23)26/h1-7,12H,8-11,13-14H2. The van der Waals surface area contributed by atoms with Gasteiger partial charge in [-0.25, -0.2) is 4.79 Å². The average Bonchev–Trinajstić information content (AvgIpc) is 2.95. The molecule has 2 aliphatic rings. The van der Waals surface area contributed by atoms with Crippen LogP contribution in [0.3, 0.4) is 0 Å². The van der Waals surface area contributed by atoms with Crippen LogP contribution < -0.4 is 4.90 Å². The molecular weight excluding hydrogens is 444 g/mol. The third-order valence-electron chi connectivity index (χ3n) is 5.54. The molecule has 2 heterocycles. The summed E-state index contributed by atoms with van der Waals surface area (Å²) in [6.45, 7) is 2.34. The molecule has 0 aromatic heterocycles. The first-order chi connectivity index (χ1) is 13.5. The zero-order valence-electron chi connectivity index (χ0n) is 15.2. The number of urea groups is 1. The largest absolute Gasteiger partial charge is 0.381 e. The van der Waals surface area contributed by atoms with Gasteiger partial charge in [0, 0.05) is 35.5 Å². The highest BCUT2D eigenvalue weighted by molar-refractivity contribution is 9.10. The van der Waals surface area contributed by atoms with E-state index in [0.29, 0.717) is 31.9 Å². The Bertz CT molecular complexity index is 897. The van der Waals surface area contributed by atoms with Crippen molar-refractivity contribution in [2.24, 2.45) is 0 Å². The summed E-state index contributed by atoms with van der Waals surface area (Å²) in [5.74, 6) is 0. The van der Waals surface area contributed by atoms with E-state index < -0.39 is 5.24 Å². The third-order valence-corrected chi connectivity index (χ3v) is 6.29. The molecule has 0 aliphatic carbocycles. The summed E-state index contributed by atoms with van der Waals surface area (Å²) in [6, 6.07) is 14.9. The van der Waals surface area contributed by atoms with Crippen LogP contribution in [0.15, 0.2) is 53.0 Å². The summed E-state index contributed by atoms with van der Waals surface area (Å²) in [6.07, 6.45) is 1.58. The zero-order valence-corrected chi connectivity index (χ0v) is 17.6. The van der Waals surface area contributed by atoms with Crippen molar-refractivity contribution >= 4 is 44.5 Å². The lowest BCUT2D eigenvalue weighted by molar-refractivity contribution is 0.00611. The van der Waals surface area contributed by atoms with E-state index in [2.05, 4.69) is 15.9 Å². The van der Waals surface area contributed by atoms with Crippen molar-refractivity contribution in [1.29, 1.82) is 0 Å². The van der Waals surface area contributed by atoms with E-state index >= 15 is 0 Å². The normalized spacial score (nSPS) is 18.7. The Labute approximate surface area is 177 Å². The summed E-state index contributed by atoms with van der Waals surface area (Å²) in [4.78, 5) is 28.7. The first-order valence-electron chi connectivity index (χ1n) is 9.20. The average molecular weight is 464 g/mol. The minimum Gasteiger partial charge on any atom is -0.381 e. The second-order valence-electron chi connectivity index (χ2n) is 7.24. The molecule has 1 spiro atoms. The van der Waals surface area contributed by atoms with Crippen LogP contribution >= 0.6 is 27.5 Å². The highest BCUT2D eigenvalue weighted by Gasteiger charge is 2.50. The van der Waals surface area contributed by atoms with Crippen LogP contribution in [0, 0.1) is 0 Å². The van der Waals surface area contributed by atoms with Gasteiger partial charge < -0.3 is 9.64 Å². The SMILES string of the molecule is O=C(Cl)c1cccc(CN2C(=O)N(c3ccc(Br)cc3)CC23CCOCC3)c1. The van der Waals surface area contributed by atoms with Crippen molar-refractivity contribution in [1.82, 2.24) is 4.90 Å². The van der Waals surface area contributed by atoms with Crippen molar-refractivity contribution < 1.29 is 14.3 Å². The number of nitrogens with zero attached hydrogens (tertiary/aromatic N) is 2. The molecular formula is C21H20BrClN2O3. The summed E-state index contributed by atoms with van der Waals surface area (Å²) < 4.78 is 6.55. The molecule has 2 aromatic rings. The number of halogens is 2. The number of carbonyl (C=O) groups excluding carboxylic acids is 2. The predicted octanol–water partition coefficient (Wildman–Crippen LogP) is 4.82. The van der Waals surface area contributed by atoms with Crippen LogP contribution in [0.2, 0.25) is 0 Å². The molecule has 146 valence electrons. The lowest BCUT2D eigenvalue weighted by atomic mass is 9.89. The smallest absolute Gasteiger partial charge is 0.325 e. The van der Waals surface area contributed by atoms with Gasteiger partial charge in [0.1, 0.15) is 0 Å². The Morgan fingerprint density at radius 1 is 1.14 bits per heavy atom. The fraction of sp³-hybridized carbons (Fsp3) is 0.333. The minimum absolute atomic E-state index is 0.0215. The van der Waals surface area contributed by atoms with E-state index in [0.717, 1.165) is 28.6 Å². The van der Waals surface area contributed by atoms with Crippen LogP contribution in [-0.4, -0.2) is 41.5 Å². The number of anilines is 1. The van der Waals surface area contributed by atoms with E-state index in [1.807, 2.05) is 40.1 Å². The van der Waals surface area contributed by atoms with Crippen molar-refractivity contribution in [2.45, 2.75) is 24.9 Å². The molecule has 0 N–H and O–H groups in total. The maximum atomic E-state index is 13.4. The predicted molar refractivity (Wildman–Crippen MR) is 112 cm³/mol. The van der Waals surface area contributed by atoms with E-state index in [1.165, 1.54) is 0 Å². The Hall–Kier alpha value is -1.89. The Balaban J connectivity index is 1.66. The summed E-state index contributed by atoms with van der Waals surface area (Å²) in [5, 5.41) is -0.494. The number of benzene rings is 2. The second kappa shape index (κ2) is 7.85. The molecule has 2 amide bonds. The third kappa shape index (κ3) is 3.69. The van der Waals surface area contributed by atoms with Gasteiger partial charge in [-0.2, -0.15) is 0 Å². The van der Waals surface area contributed by atoms with Crippen molar-refractivity contribution in [2.75, 3.05) is 24.7 Å². The lowest BCUT2D eigenvalue weighted by Crippen LogP contribution is -2.50. The molecule has 2 saturated heterocycles. The van der Waals surface area contributed by atoms with E-state index in [9.17, 15) is 9.59 Å². The molecule has 0 bridgehead atoms. The van der Waals surface area contributed by atoms with Crippen LogP contribution in [-0.2, 0) is 11.3 Å². The van der Waals surface area contributed by atoms with Crippen LogP contribution in [0.1, 0.15) is 28.8 Å². The molecule has 2 aromatic carbocycles. The lowest BCUT2D eigenvalue weighted by Gasteiger charge is -2.40. The Kier molecular flexibility index (Phi) is 5.45. The van der Waals surface area contributed by atoms with Gasteiger partial charge in [0.15, 0.2) is 0 Å². The van der Waals surface area contributed by atoms with Crippen molar-refractivity contribution in [3.63, 3.8) is 0 Å². The zero-order chi connectivity index (χ0) is 19.7. The van der Waals surface area contributed by atoms with E-state index in [-0.39, 0.29) is 11.6 Å². The Morgan fingerprint density at radius 3 is 2.54 bits per heavy atom. The van der Waals surface area contributed by atoms with Crippen molar-refractivity contribution in [3.8, 4) is 0 Å². The number of rotatable bonds is 4. The van der Waals surface area contributed by atoms with Crippen LogP contribution in [0.5, 0.6) is 0 Å². The molecule has 7 heteroatoms. The summed E-state index contributed by atoms with van der Waals surface area (Å²) >= 11 is 9.08. The molecule has 4 rings (SSSR count). The molecule has 0 unspecified atom stereocenters. The first-order valence-corrected chi connectivity index (χ1v) is 10.4. The van der Waals surface area contributed by atoms with Gasteiger partial charge >= 0.3 is 6.03 Å². The van der Waals surface area contributed by atoms with Crippen LogP contribution in [0.4, 0.5) is 10.5 Å². The highest BCUT2D eigenvalue weighted by atomic mass is 79.9. The minimum atomic E-state index is -0.494. The fourth-order valence-corrected chi connectivity index (χ4v) is 4.39. The Morgan fingerprint density at radius 2 is 1.86 bits per heavy atom. The number of ether oxygens (including phenoxy) is 1. The van der Waals surface area contributed by atoms with Gasteiger partial charge in [0.25, 0.3) is 5.24 Å². The maximum Gasteiger partial charge on any atom is 0.325 e. The number of hydrogen-bond donors (Lipinski definition) is 0. The molecule has 2 aliphatic heterocycles. The van der Waals surface area contributed by atoms with Gasteiger partial charge in [-0.1, -0.05) is 34.1 Å². The van der Waals surface area contributed by atoms with Gasteiger partial charge in [-0.3, -0.25) is 9.69 Å². The van der Waals surface area contributed by atoms with Gasteiger partial charge in [-0.05, 0) is 60.3 Å². The first kappa shape index (κ1) is 19.4. The number of carbonyl (C=O) groups is 2. The van der Waals surface area contributed by atoms with Gasteiger partial charge in [0.05, 0.1) is 12.1 Å². The molecule has 28 heavy (non-hydrogen) atoms. The molecule has 0 atom stereocenters. The molecule has 0 saturated carbocycles. The topological polar surface area (TPSA) is 49.9 Å². The number of amides is 2. The molecule has 0 radical (unpaired) electrons. The summed E-state index contributed by atoms with van der Waals surface area (Å²) in [7, 11) is 0. The van der Waals surface area contributed by atoms with Crippen LogP contribution in [0.25, 0.3) is 0 Å². The van der Waals surface area contributed by atoms with Gasteiger partial charge in [-0.15, -0.1) is 0 Å². The number of hydrogen-bond acceptors (Lipinski definition) is 3.